The summed E-state index contributed by atoms with van der Waals surface area (Å²) in [6.45, 7) is 0. The van der Waals surface area contributed by atoms with Crippen LogP contribution in [0.2, 0.25) is 0 Å². The molecule has 2 heterocycles. The van der Waals surface area contributed by atoms with Crippen LogP contribution in [0.5, 0.6) is 11.9 Å². The predicted molar refractivity (Wildman–Crippen MR) is 52.7 cm³/mol. The third-order valence-corrected chi connectivity index (χ3v) is 1.88. The van der Waals surface area contributed by atoms with Crippen molar-refractivity contribution in [2.45, 2.75) is 5.88 Å². The standard InChI is InChI=1S/C8H8ClN5O/c1-14-5-10-8(13-14)15-7-3-2-6(4-9)11-12-7/h2-3,5H,4H2,1H3. The van der Waals surface area contributed by atoms with Gasteiger partial charge in [0.15, 0.2) is 0 Å². The van der Waals surface area contributed by atoms with Gasteiger partial charge in [0.2, 0.25) is 5.88 Å². The molecule has 0 radical (unpaired) electrons. The van der Waals surface area contributed by atoms with Gasteiger partial charge in [-0.05, 0) is 6.07 Å². The lowest BCUT2D eigenvalue weighted by Crippen LogP contribution is -1.95. The predicted octanol–water partition coefficient (Wildman–Crippen LogP) is 1.14. The van der Waals surface area contributed by atoms with E-state index >= 15 is 0 Å². The molecule has 15 heavy (non-hydrogen) atoms. The summed E-state index contributed by atoms with van der Waals surface area (Å²) in [4.78, 5) is 3.89. The van der Waals surface area contributed by atoms with Crippen LogP contribution in [0.15, 0.2) is 18.5 Å². The molecule has 0 saturated carbocycles. The molecule has 2 aromatic heterocycles. The minimum absolute atomic E-state index is 0.241. The second-order valence-corrected chi connectivity index (χ2v) is 3.07. The summed E-state index contributed by atoms with van der Waals surface area (Å²) in [6, 6.07) is 3.64. The van der Waals surface area contributed by atoms with Crippen molar-refractivity contribution in [1.29, 1.82) is 0 Å². The minimum atomic E-state index is 0.241. The third-order valence-electron chi connectivity index (χ3n) is 1.61. The first-order valence-corrected chi connectivity index (χ1v) is 4.73. The van der Waals surface area contributed by atoms with Crippen molar-refractivity contribution in [3.63, 3.8) is 0 Å². The lowest BCUT2D eigenvalue weighted by molar-refractivity contribution is 0.416. The molecule has 0 atom stereocenters. The topological polar surface area (TPSA) is 65.7 Å². The molecule has 0 N–H and O–H groups in total. The second-order valence-electron chi connectivity index (χ2n) is 2.80. The van der Waals surface area contributed by atoms with Gasteiger partial charge in [0, 0.05) is 13.1 Å². The number of hydrogen-bond acceptors (Lipinski definition) is 5. The largest absolute Gasteiger partial charge is 0.402 e. The number of aryl methyl sites for hydroxylation is 1. The number of halogens is 1. The number of hydrogen-bond donors (Lipinski definition) is 0. The molecule has 0 fully saturated rings. The second kappa shape index (κ2) is 4.22. The summed E-state index contributed by atoms with van der Waals surface area (Å²) in [7, 11) is 1.75. The molecule has 0 unspecified atom stereocenters. The summed E-state index contributed by atoms with van der Waals surface area (Å²) in [6.07, 6.45) is 1.54. The van der Waals surface area contributed by atoms with Crippen LogP contribution in [-0.4, -0.2) is 25.0 Å². The van der Waals surface area contributed by atoms with Gasteiger partial charge in [0.25, 0.3) is 0 Å². The quantitative estimate of drug-likeness (QED) is 0.733. The van der Waals surface area contributed by atoms with Gasteiger partial charge in [0.1, 0.15) is 6.33 Å². The van der Waals surface area contributed by atoms with E-state index in [0.29, 0.717) is 17.5 Å². The Kier molecular flexibility index (Phi) is 2.77. The molecular formula is C8H8ClN5O. The number of rotatable bonds is 3. The van der Waals surface area contributed by atoms with E-state index in [2.05, 4.69) is 20.3 Å². The molecule has 6 nitrogen and oxygen atoms in total. The molecule has 2 rings (SSSR count). The molecule has 0 aliphatic carbocycles. The first-order chi connectivity index (χ1) is 7.28. The third kappa shape index (κ3) is 2.41. The molecule has 0 amide bonds. The average Bonchev–Trinajstić information content (AvgIpc) is 2.65. The Morgan fingerprint density at radius 3 is 2.80 bits per heavy atom. The van der Waals surface area contributed by atoms with Gasteiger partial charge in [0.05, 0.1) is 11.6 Å². The molecule has 0 saturated heterocycles. The highest BCUT2D eigenvalue weighted by Gasteiger charge is 2.03. The normalized spacial score (nSPS) is 10.3. The molecule has 0 aliphatic rings. The first-order valence-electron chi connectivity index (χ1n) is 4.20. The highest BCUT2D eigenvalue weighted by Crippen LogP contribution is 2.13. The van der Waals surface area contributed by atoms with Crippen molar-refractivity contribution >= 4 is 11.6 Å². The van der Waals surface area contributed by atoms with Crippen molar-refractivity contribution in [3.8, 4) is 11.9 Å². The van der Waals surface area contributed by atoms with Crippen LogP contribution in [0.3, 0.4) is 0 Å². The SMILES string of the molecule is Cn1cnc(Oc2ccc(CCl)nn2)n1. The highest BCUT2D eigenvalue weighted by atomic mass is 35.5. The Labute approximate surface area is 90.9 Å². The van der Waals surface area contributed by atoms with Gasteiger partial charge >= 0.3 is 6.01 Å². The van der Waals surface area contributed by atoms with E-state index in [0.717, 1.165) is 0 Å². The summed E-state index contributed by atoms with van der Waals surface area (Å²) in [5, 5.41) is 11.6. The Balaban J connectivity index is 2.11. The molecule has 78 valence electrons. The van der Waals surface area contributed by atoms with Crippen LogP contribution < -0.4 is 4.74 Å². The van der Waals surface area contributed by atoms with Crippen LogP contribution in [-0.2, 0) is 12.9 Å². The number of ether oxygens (including phenoxy) is 1. The molecule has 0 bridgehead atoms. The lowest BCUT2D eigenvalue weighted by Gasteiger charge is -1.98. The molecule has 0 aliphatic heterocycles. The molecule has 0 aromatic carbocycles. The Morgan fingerprint density at radius 2 is 2.27 bits per heavy atom. The lowest BCUT2D eigenvalue weighted by atomic mass is 10.4. The van der Waals surface area contributed by atoms with Gasteiger partial charge in [-0.3, -0.25) is 4.68 Å². The van der Waals surface area contributed by atoms with E-state index in [4.69, 9.17) is 16.3 Å². The first kappa shape index (κ1) is 9.85. The summed E-state index contributed by atoms with van der Waals surface area (Å²) in [5.41, 5.74) is 0.693. The maximum Gasteiger partial charge on any atom is 0.342 e. The monoisotopic (exact) mass is 225 g/mol. The minimum Gasteiger partial charge on any atom is -0.402 e. The van der Waals surface area contributed by atoms with Crippen molar-refractivity contribution < 1.29 is 4.74 Å². The van der Waals surface area contributed by atoms with Crippen LogP contribution in [0.4, 0.5) is 0 Å². The zero-order chi connectivity index (χ0) is 10.7. The maximum atomic E-state index is 5.57. The van der Waals surface area contributed by atoms with Gasteiger partial charge in [-0.1, -0.05) is 0 Å². The zero-order valence-electron chi connectivity index (χ0n) is 7.96. The maximum absolute atomic E-state index is 5.57. The Morgan fingerprint density at radius 1 is 1.40 bits per heavy atom. The molecule has 0 spiro atoms. The Hall–Kier alpha value is -1.69. The molecule has 7 heteroatoms. The molecule has 2 aromatic rings. The van der Waals surface area contributed by atoms with Crippen molar-refractivity contribution in [2.75, 3.05) is 0 Å². The van der Waals surface area contributed by atoms with Crippen molar-refractivity contribution in [2.24, 2.45) is 7.05 Å². The van der Waals surface area contributed by atoms with Gasteiger partial charge < -0.3 is 4.74 Å². The summed E-state index contributed by atoms with van der Waals surface area (Å²) < 4.78 is 6.78. The van der Waals surface area contributed by atoms with E-state index < -0.39 is 0 Å². The van der Waals surface area contributed by atoms with Crippen molar-refractivity contribution in [1.82, 2.24) is 25.0 Å². The van der Waals surface area contributed by atoms with Crippen LogP contribution >= 0.6 is 11.6 Å². The smallest absolute Gasteiger partial charge is 0.342 e. The van der Waals surface area contributed by atoms with E-state index in [-0.39, 0.29) is 6.01 Å². The molecular weight excluding hydrogens is 218 g/mol. The number of nitrogens with zero attached hydrogens (tertiary/aromatic N) is 5. The van der Waals surface area contributed by atoms with E-state index in [1.165, 1.54) is 11.0 Å². The fourth-order valence-electron chi connectivity index (χ4n) is 0.933. The van der Waals surface area contributed by atoms with Crippen LogP contribution in [0, 0.1) is 0 Å². The van der Waals surface area contributed by atoms with Crippen LogP contribution in [0.1, 0.15) is 5.69 Å². The fourth-order valence-corrected chi connectivity index (χ4v) is 1.08. The van der Waals surface area contributed by atoms with Crippen molar-refractivity contribution in [3.05, 3.63) is 24.2 Å². The van der Waals surface area contributed by atoms with E-state index in [1.807, 2.05) is 0 Å². The number of alkyl halides is 1. The summed E-state index contributed by atoms with van der Waals surface area (Å²) in [5.74, 6) is 0.671. The fraction of sp³-hybridized carbons (Fsp3) is 0.250. The zero-order valence-corrected chi connectivity index (χ0v) is 8.72. The van der Waals surface area contributed by atoms with Gasteiger partial charge in [-0.15, -0.1) is 21.8 Å². The van der Waals surface area contributed by atoms with E-state index in [1.54, 1.807) is 19.2 Å². The van der Waals surface area contributed by atoms with E-state index in [9.17, 15) is 0 Å². The van der Waals surface area contributed by atoms with Gasteiger partial charge in [-0.25, -0.2) is 0 Å². The highest BCUT2D eigenvalue weighted by molar-refractivity contribution is 6.16. The Bertz CT molecular complexity index is 441. The van der Waals surface area contributed by atoms with Gasteiger partial charge in [-0.2, -0.15) is 10.1 Å². The average molecular weight is 226 g/mol. The summed E-state index contributed by atoms with van der Waals surface area (Å²) >= 11 is 5.57. The number of aromatic nitrogens is 5. The van der Waals surface area contributed by atoms with Crippen LogP contribution in [0.25, 0.3) is 0 Å².